The molecule has 9 nitrogen and oxygen atoms in total. The summed E-state index contributed by atoms with van der Waals surface area (Å²) in [5.41, 5.74) is 1.67. The number of carbonyl (C=O) groups is 3. The van der Waals surface area contributed by atoms with Gasteiger partial charge in [0.15, 0.2) is 6.61 Å². The first-order chi connectivity index (χ1) is 19.8. The van der Waals surface area contributed by atoms with Gasteiger partial charge in [0.05, 0.1) is 23.7 Å². The quantitative estimate of drug-likeness (QED) is 0.269. The van der Waals surface area contributed by atoms with Gasteiger partial charge in [-0.2, -0.15) is 0 Å². The minimum atomic E-state index is -0.781. The third-order valence-electron chi connectivity index (χ3n) is 6.88. The van der Waals surface area contributed by atoms with E-state index in [1.165, 1.54) is 16.7 Å². The van der Waals surface area contributed by atoms with Crippen molar-refractivity contribution in [2.75, 3.05) is 23.9 Å². The van der Waals surface area contributed by atoms with Crippen LogP contribution < -0.4 is 24.6 Å². The minimum Gasteiger partial charge on any atom is -0.497 e. The smallest absolute Gasteiger partial charge is 0.305 e. The molecule has 0 aliphatic carbocycles. The molecule has 0 unspecified atom stereocenters. The van der Waals surface area contributed by atoms with Gasteiger partial charge in [0.1, 0.15) is 16.7 Å². The zero-order valence-corrected chi connectivity index (χ0v) is 24.7. The van der Waals surface area contributed by atoms with Crippen molar-refractivity contribution < 1.29 is 23.9 Å². The van der Waals surface area contributed by atoms with E-state index in [1.54, 1.807) is 67.8 Å². The number of hydrogen-bond donors (Lipinski definition) is 2. The van der Waals surface area contributed by atoms with Crippen LogP contribution in [0.5, 0.6) is 11.5 Å². The number of thiazole rings is 1. The standard InChI is InChI=1S/C29H22BrN3O6S2/c1-38-18-10-8-16(9-11-18)31-21(34)14-39-20-12-7-15(30)13-19(20)22-23-25(40-26-24(22)41-29(37)32-26)28(36)33(27(23)35)17-5-3-2-4-6-17/h2-13,22-23,25H,14H2,1H3,(H,31,34)(H,32,37)/t22-,23-,25+/m0/s1. The second-order valence-electron chi connectivity index (χ2n) is 9.34. The van der Waals surface area contributed by atoms with Gasteiger partial charge in [-0.3, -0.25) is 19.2 Å². The Morgan fingerprint density at radius 1 is 1.02 bits per heavy atom. The fourth-order valence-corrected chi connectivity index (χ4v) is 7.98. The second-order valence-corrected chi connectivity index (χ2v) is 12.4. The van der Waals surface area contributed by atoms with Crippen LogP contribution in [-0.4, -0.2) is 41.7 Å². The number of nitrogens with zero attached hydrogens (tertiary/aromatic N) is 1. The number of nitrogens with one attached hydrogen (secondary N) is 2. The van der Waals surface area contributed by atoms with Crippen molar-refractivity contribution in [3.63, 3.8) is 0 Å². The summed E-state index contributed by atoms with van der Waals surface area (Å²) in [6.45, 7) is -0.296. The predicted octanol–water partition coefficient (Wildman–Crippen LogP) is 5.02. The number of hydrogen-bond acceptors (Lipinski definition) is 8. The first-order valence-corrected chi connectivity index (χ1v) is 15.0. The van der Waals surface area contributed by atoms with Gasteiger partial charge in [-0.1, -0.05) is 57.2 Å². The molecule has 2 N–H and O–H groups in total. The lowest BCUT2D eigenvalue weighted by molar-refractivity contribution is -0.122. The van der Waals surface area contributed by atoms with Gasteiger partial charge >= 0.3 is 4.87 Å². The van der Waals surface area contributed by atoms with Gasteiger partial charge in [0.2, 0.25) is 11.8 Å². The van der Waals surface area contributed by atoms with E-state index in [0.717, 1.165) is 15.8 Å². The average molecular weight is 653 g/mol. The van der Waals surface area contributed by atoms with Crippen molar-refractivity contribution in [1.29, 1.82) is 0 Å². The number of para-hydroxylation sites is 1. The SMILES string of the molecule is COc1ccc(NC(=O)COc2ccc(Br)cc2[C@@H]2c3sc(=O)[nH]c3S[C@H]3C(=O)N(c4ccccc4)C(=O)[C@@H]23)cc1. The van der Waals surface area contributed by atoms with Crippen LogP contribution in [0, 0.1) is 5.92 Å². The fourth-order valence-electron chi connectivity index (χ4n) is 5.09. The van der Waals surface area contributed by atoms with Crippen molar-refractivity contribution in [3.05, 3.63) is 97.4 Å². The molecular weight excluding hydrogens is 630 g/mol. The maximum atomic E-state index is 13.9. The van der Waals surface area contributed by atoms with Crippen LogP contribution in [-0.2, 0) is 14.4 Å². The number of carbonyl (C=O) groups excluding carboxylic acids is 3. The first kappa shape index (κ1) is 27.3. The van der Waals surface area contributed by atoms with Crippen molar-refractivity contribution in [2.24, 2.45) is 5.92 Å². The summed E-state index contributed by atoms with van der Waals surface area (Å²) in [5, 5.41) is 2.61. The van der Waals surface area contributed by atoms with Gasteiger partial charge < -0.3 is 19.8 Å². The van der Waals surface area contributed by atoms with E-state index in [1.807, 2.05) is 12.1 Å². The Morgan fingerprint density at radius 2 is 1.78 bits per heavy atom. The van der Waals surface area contributed by atoms with Gasteiger partial charge in [-0.25, -0.2) is 4.90 Å². The molecule has 208 valence electrons. The molecule has 0 bridgehead atoms. The molecule has 2 aliphatic rings. The van der Waals surface area contributed by atoms with E-state index in [-0.39, 0.29) is 29.2 Å². The molecule has 3 amide bonds. The maximum absolute atomic E-state index is 13.9. The van der Waals surface area contributed by atoms with Crippen molar-refractivity contribution in [1.82, 2.24) is 4.98 Å². The number of aromatic amines is 1. The number of halogens is 1. The van der Waals surface area contributed by atoms with E-state index >= 15 is 0 Å². The number of ether oxygens (including phenoxy) is 2. The normalized spacial score (nSPS) is 19.5. The van der Waals surface area contributed by atoms with Crippen LogP contribution in [0.2, 0.25) is 0 Å². The third-order valence-corrected chi connectivity index (χ3v) is 9.77. The summed E-state index contributed by atoms with van der Waals surface area (Å²) in [7, 11) is 1.56. The lowest BCUT2D eigenvalue weighted by Gasteiger charge is -2.31. The molecular formula is C29H22BrN3O6S2. The number of H-pyrrole nitrogens is 1. The van der Waals surface area contributed by atoms with Gasteiger partial charge in [-0.15, -0.1) is 0 Å². The number of methoxy groups -OCH3 is 1. The highest BCUT2D eigenvalue weighted by atomic mass is 79.9. The molecule has 1 saturated heterocycles. The molecule has 6 rings (SSSR count). The molecule has 41 heavy (non-hydrogen) atoms. The molecule has 0 spiro atoms. The molecule has 2 aliphatic heterocycles. The molecule has 12 heteroatoms. The molecule has 1 aromatic heterocycles. The molecule has 0 saturated carbocycles. The Bertz CT molecular complexity index is 1710. The highest BCUT2D eigenvalue weighted by molar-refractivity contribution is 9.10. The van der Waals surface area contributed by atoms with E-state index in [4.69, 9.17) is 9.47 Å². The minimum absolute atomic E-state index is 0.274. The van der Waals surface area contributed by atoms with Crippen LogP contribution in [0.25, 0.3) is 0 Å². The van der Waals surface area contributed by atoms with Crippen LogP contribution in [0.4, 0.5) is 11.4 Å². The lowest BCUT2D eigenvalue weighted by Crippen LogP contribution is -2.32. The highest BCUT2D eigenvalue weighted by Crippen LogP contribution is 2.54. The van der Waals surface area contributed by atoms with Crippen molar-refractivity contribution >= 4 is 68.1 Å². The summed E-state index contributed by atoms with van der Waals surface area (Å²) in [6.07, 6.45) is 0. The summed E-state index contributed by atoms with van der Waals surface area (Å²) in [6, 6.07) is 21.0. The Labute approximate surface area is 251 Å². The molecule has 3 aromatic carbocycles. The Hall–Kier alpha value is -3.87. The van der Waals surface area contributed by atoms with Crippen molar-refractivity contribution in [2.45, 2.75) is 16.2 Å². The van der Waals surface area contributed by atoms with Crippen LogP contribution in [0.1, 0.15) is 16.4 Å². The number of thioether (sulfide) groups is 1. The average Bonchev–Trinajstić information content (AvgIpc) is 3.47. The number of aromatic nitrogens is 1. The highest BCUT2D eigenvalue weighted by Gasteiger charge is 2.56. The first-order valence-electron chi connectivity index (χ1n) is 12.5. The zero-order valence-electron chi connectivity index (χ0n) is 21.5. The predicted molar refractivity (Wildman–Crippen MR) is 160 cm³/mol. The van der Waals surface area contributed by atoms with Crippen LogP contribution in [0.3, 0.4) is 0 Å². The van der Waals surface area contributed by atoms with E-state index in [0.29, 0.717) is 38.3 Å². The maximum Gasteiger partial charge on any atom is 0.305 e. The Kier molecular flexibility index (Phi) is 7.45. The van der Waals surface area contributed by atoms with Gasteiger partial charge in [-0.05, 0) is 54.6 Å². The third kappa shape index (κ3) is 5.18. The van der Waals surface area contributed by atoms with Gasteiger partial charge in [0.25, 0.3) is 5.91 Å². The Balaban J connectivity index is 1.34. The van der Waals surface area contributed by atoms with Gasteiger partial charge in [0, 0.05) is 26.5 Å². The second kappa shape index (κ2) is 11.2. The summed E-state index contributed by atoms with van der Waals surface area (Å²) in [5.74, 6) is -1.46. The van der Waals surface area contributed by atoms with E-state index in [9.17, 15) is 19.2 Å². The number of imide groups is 1. The number of fused-ring (bicyclic) bond motifs is 2. The van der Waals surface area contributed by atoms with Crippen molar-refractivity contribution in [3.8, 4) is 11.5 Å². The molecule has 0 radical (unpaired) electrons. The molecule has 1 fully saturated rings. The monoisotopic (exact) mass is 651 g/mol. The van der Waals surface area contributed by atoms with E-state index < -0.39 is 17.1 Å². The number of amides is 3. The molecule has 4 aromatic rings. The van der Waals surface area contributed by atoms with E-state index in [2.05, 4.69) is 26.2 Å². The lowest BCUT2D eigenvalue weighted by atomic mass is 9.82. The molecule has 3 atom stereocenters. The fraction of sp³-hybridized carbons (Fsp3) is 0.172. The largest absolute Gasteiger partial charge is 0.497 e. The van der Waals surface area contributed by atoms with Crippen LogP contribution >= 0.6 is 39.0 Å². The summed E-state index contributed by atoms with van der Waals surface area (Å²) < 4.78 is 11.9. The van der Waals surface area contributed by atoms with Crippen LogP contribution in [0.15, 0.2) is 87.1 Å². The number of anilines is 2. The Morgan fingerprint density at radius 3 is 2.51 bits per heavy atom. The summed E-state index contributed by atoms with van der Waals surface area (Å²) in [4.78, 5) is 57.2. The zero-order chi connectivity index (χ0) is 28.7. The number of benzene rings is 3. The topological polar surface area (TPSA) is 118 Å². The molecule has 3 heterocycles. The number of rotatable bonds is 7. The summed E-state index contributed by atoms with van der Waals surface area (Å²) >= 11 is 5.73.